The number of halogens is 2. The summed E-state index contributed by atoms with van der Waals surface area (Å²) in [6.45, 7) is 8.92. The summed E-state index contributed by atoms with van der Waals surface area (Å²) < 4.78 is 13.9. The van der Waals surface area contributed by atoms with Gasteiger partial charge in [-0.1, -0.05) is 56.7 Å². The average Bonchev–Trinajstić information content (AvgIpc) is 3.24. The summed E-state index contributed by atoms with van der Waals surface area (Å²) >= 11 is 5.77. The van der Waals surface area contributed by atoms with E-state index in [9.17, 15) is 9.18 Å². The summed E-state index contributed by atoms with van der Waals surface area (Å²) in [5.41, 5.74) is 0.500. The van der Waals surface area contributed by atoms with Crippen molar-refractivity contribution in [2.75, 3.05) is 0 Å². The van der Waals surface area contributed by atoms with Crippen LogP contribution in [0.5, 0.6) is 0 Å². The van der Waals surface area contributed by atoms with Crippen LogP contribution in [0.1, 0.15) is 58.0 Å². The number of nitrogens with one attached hydrogen (secondary N) is 2. The lowest BCUT2D eigenvalue weighted by atomic mass is 9.66. The van der Waals surface area contributed by atoms with E-state index in [4.69, 9.17) is 11.6 Å². The van der Waals surface area contributed by atoms with E-state index in [1.165, 1.54) is 12.1 Å². The topological polar surface area (TPSA) is 83.6 Å². The third-order valence-electron chi connectivity index (χ3n) is 6.59. The van der Waals surface area contributed by atoms with E-state index in [1.807, 2.05) is 6.08 Å². The Balaban J connectivity index is 1.82. The first-order chi connectivity index (χ1) is 13.1. The Hall–Kier alpha value is -2.28. The van der Waals surface area contributed by atoms with Gasteiger partial charge in [0.1, 0.15) is 11.9 Å². The third kappa shape index (κ3) is 3.81. The molecule has 2 N–H and O–H groups in total. The molecule has 3 atom stereocenters. The lowest BCUT2D eigenvalue weighted by Crippen LogP contribution is -2.33. The Morgan fingerprint density at radius 3 is 2.75 bits per heavy atom. The Labute approximate surface area is 168 Å². The van der Waals surface area contributed by atoms with E-state index in [2.05, 4.69) is 53.6 Å². The van der Waals surface area contributed by atoms with Crippen LogP contribution in [0, 0.1) is 22.6 Å². The molecule has 1 amide bonds. The highest BCUT2D eigenvalue weighted by molar-refractivity contribution is 6.30. The minimum atomic E-state index is -0.744. The second-order valence-corrected chi connectivity index (χ2v) is 8.70. The molecule has 3 unspecified atom stereocenters. The summed E-state index contributed by atoms with van der Waals surface area (Å²) in [6, 6.07) is 3.58. The van der Waals surface area contributed by atoms with Crippen LogP contribution in [0.4, 0.5) is 4.39 Å². The molecule has 1 fully saturated rings. The van der Waals surface area contributed by atoms with Crippen LogP contribution in [-0.4, -0.2) is 26.5 Å². The van der Waals surface area contributed by atoms with Crippen LogP contribution in [0.3, 0.4) is 0 Å². The summed E-state index contributed by atoms with van der Waals surface area (Å²) in [5.74, 6) is -0.0628. The van der Waals surface area contributed by atoms with Gasteiger partial charge >= 0.3 is 0 Å². The van der Waals surface area contributed by atoms with Gasteiger partial charge in [0, 0.05) is 0 Å². The number of H-pyrrole nitrogens is 1. The predicted molar refractivity (Wildman–Crippen MR) is 105 cm³/mol. The maximum atomic E-state index is 13.9. The van der Waals surface area contributed by atoms with Gasteiger partial charge in [-0.15, -0.1) is 10.2 Å². The van der Waals surface area contributed by atoms with Gasteiger partial charge in [0.25, 0.3) is 0 Å². The number of amides is 1. The summed E-state index contributed by atoms with van der Waals surface area (Å²) in [7, 11) is 0. The molecule has 150 valence electrons. The first-order valence-corrected chi connectivity index (χ1v) is 9.70. The number of benzene rings is 1. The largest absolute Gasteiger partial charge is 0.338 e. The van der Waals surface area contributed by atoms with Gasteiger partial charge in [-0.3, -0.25) is 4.79 Å². The SMILES string of the molecule is CC1CCC(C)(/C=C/C(=O)NC(c2ccc(Cl)c(F)c2)c2nn[nH]n2)C1(C)C. The number of aromatic amines is 1. The van der Waals surface area contributed by atoms with E-state index in [0.29, 0.717) is 11.5 Å². The normalized spacial score (nSPS) is 25.1. The van der Waals surface area contributed by atoms with Crippen molar-refractivity contribution < 1.29 is 9.18 Å². The molecule has 8 heteroatoms. The molecule has 0 spiro atoms. The molecule has 28 heavy (non-hydrogen) atoms. The maximum Gasteiger partial charge on any atom is 0.244 e. The number of carbonyl (C=O) groups excluding carboxylic acids is 1. The second kappa shape index (κ2) is 7.62. The molecule has 3 rings (SSSR count). The number of tetrazole rings is 1. The molecule has 1 aliphatic rings. The molecule has 1 aromatic heterocycles. The standard InChI is InChI=1S/C20H25ClFN5O/c1-12-7-9-20(4,19(12,2)3)10-8-16(28)23-17(18-24-26-27-25-18)13-5-6-14(21)15(22)11-13/h5-6,8,10-12,17H,7,9H2,1-4H3,(H,23,28)(H,24,25,26,27)/b10-8+. The molecule has 0 aliphatic heterocycles. The summed E-state index contributed by atoms with van der Waals surface area (Å²) in [6.07, 6.45) is 5.70. The van der Waals surface area contributed by atoms with Gasteiger partial charge in [-0.25, -0.2) is 4.39 Å². The highest BCUT2D eigenvalue weighted by Gasteiger charge is 2.47. The zero-order valence-electron chi connectivity index (χ0n) is 16.5. The van der Waals surface area contributed by atoms with Crippen LogP contribution in [0.25, 0.3) is 0 Å². The fraction of sp³-hybridized carbons (Fsp3) is 0.500. The fourth-order valence-corrected chi connectivity index (χ4v) is 3.91. The molecule has 1 saturated carbocycles. The van der Waals surface area contributed by atoms with Gasteiger partial charge in [0.15, 0.2) is 0 Å². The predicted octanol–water partition coefficient (Wildman–Crippen LogP) is 4.22. The number of aromatic nitrogens is 4. The van der Waals surface area contributed by atoms with E-state index in [0.717, 1.165) is 12.8 Å². The third-order valence-corrected chi connectivity index (χ3v) is 6.89. The van der Waals surface area contributed by atoms with Crippen molar-refractivity contribution >= 4 is 17.5 Å². The Kier molecular flexibility index (Phi) is 5.57. The Bertz CT molecular complexity index is 883. The number of hydrogen-bond acceptors (Lipinski definition) is 4. The minimum Gasteiger partial charge on any atom is -0.338 e. The lowest BCUT2D eigenvalue weighted by Gasteiger charge is -2.38. The number of rotatable bonds is 5. The van der Waals surface area contributed by atoms with Crippen molar-refractivity contribution in [1.82, 2.24) is 25.9 Å². The number of carbonyl (C=O) groups is 1. The van der Waals surface area contributed by atoms with Crippen LogP contribution in [-0.2, 0) is 4.79 Å². The van der Waals surface area contributed by atoms with Crippen LogP contribution < -0.4 is 5.32 Å². The first kappa shape index (κ1) is 20.5. The highest BCUT2D eigenvalue weighted by atomic mass is 35.5. The quantitative estimate of drug-likeness (QED) is 0.729. The zero-order chi connectivity index (χ0) is 20.5. The van der Waals surface area contributed by atoms with Crippen LogP contribution >= 0.6 is 11.6 Å². The van der Waals surface area contributed by atoms with Gasteiger partial charge in [-0.2, -0.15) is 5.21 Å². The smallest absolute Gasteiger partial charge is 0.244 e. The lowest BCUT2D eigenvalue weighted by molar-refractivity contribution is -0.117. The molecular weight excluding hydrogens is 381 g/mol. The summed E-state index contributed by atoms with van der Waals surface area (Å²) in [4.78, 5) is 12.7. The van der Waals surface area contributed by atoms with Crippen LogP contribution in [0.2, 0.25) is 5.02 Å². The maximum absolute atomic E-state index is 13.9. The van der Waals surface area contributed by atoms with E-state index in [-0.39, 0.29) is 27.6 Å². The van der Waals surface area contributed by atoms with Crippen molar-refractivity contribution in [3.8, 4) is 0 Å². The van der Waals surface area contributed by atoms with Gasteiger partial charge in [0.2, 0.25) is 11.7 Å². The van der Waals surface area contributed by atoms with E-state index in [1.54, 1.807) is 12.1 Å². The van der Waals surface area contributed by atoms with Crippen molar-refractivity contribution in [1.29, 1.82) is 0 Å². The molecule has 1 aliphatic carbocycles. The van der Waals surface area contributed by atoms with Gasteiger partial charge < -0.3 is 5.32 Å². The van der Waals surface area contributed by atoms with E-state index < -0.39 is 11.9 Å². The van der Waals surface area contributed by atoms with Gasteiger partial charge in [0.05, 0.1) is 5.02 Å². The fourth-order valence-electron chi connectivity index (χ4n) is 3.79. The average molecular weight is 406 g/mol. The number of nitrogens with zero attached hydrogens (tertiary/aromatic N) is 3. The first-order valence-electron chi connectivity index (χ1n) is 9.32. The minimum absolute atomic E-state index is 0.00680. The van der Waals surface area contributed by atoms with Crippen molar-refractivity contribution in [2.24, 2.45) is 16.7 Å². The van der Waals surface area contributed by atoms with Crippen molar-refractivity contribution in [3.63, 3.8) is 0 Å². The molecule has 2 aromatic rings. The van der Waals surface area contributed by atoms with Crippen LogP contribution in [0.15, 0.2) is 30.4 Å². The zero-order valence-corrected chi connectivity index (χ0v) is 17.2. The molecule has 0 radical (unpaired) electrons. The molecule has 0 bridgehead atoms. The van der Waals surface area contributed by atoms with Gasteiger partial charge in [-0.05, 0) is 53.4 Å². The van der Waals surface area contributed by atoms with Crippen molar-refractivity contribution in [3.05, 3.63) is 52.6 Å². The van der Waals surface area contributed by atoms with Crippen molar-refractivity contribution in [2.45, 2.75) is 46.6 Å². The molecule has 1 heterocycles. The number of hydrogen-bond donors (Lipinski definition) is 2. The van der Waals surface area contributed by atoms with E-state index >= 15 is 0 Å². The Morgan fingerprint density at radius 1 is 1.43 bits per heavy atom. The molecule has 0 saturated heterocycles. The molecule has 6 nitrogen and oxygen atoms in total. The monoisotopic (exact) mass is 405 g/mol. The Morgan fingerprint density at radius 2 is 2.18 bits per heavy atom. The number of allylic oxidation sites excluding steroid dienone is 1. The summed E-state index contributed by atoms with van der Waals surface area (Å²) in [5, 5.41) is 16.6. The molecule has 1 aromatic carbocycles. The second-order valence-electron chi connectivity index (χ2n) is 8.30. The highest BCUT2D eigenvalue weighted by Crippen LogP contribution is 2.56. The molecular formula is C20H25ClFN5O.